The third-order valence-electron chi connectivity index (χ3n) is 2.15. The van der Waals surface area contributed by atoms with Gasteiger partial charge < -0.3 is 5.11 Å². The lowest BCUT2D eigenvalue weighted by Gasteiger charge is -2.11. The summed E-state index contributed by atoms with van der Waals surface area (Å²) in [4.78, 5) is 7.39. The van der Waals surface area contributed by atoms with E-state index in [1.807, 2.05) is 0 Å². The minimum Gasteiger partial charge on any atom is -0.383 e. The molecule has 3 nitrogen and oxygen atoms in total. The summed E-state index contributed by atoms with van der Waals surface area (Å²) >= 11 is 0. The van der Waals surface area contributed by atoms with Crippen molar-refractivity contribution in [3.63, 3.8) is 0 Å². The van der Waals surface area contributed by atoms with Crippen LogP contribution in [0.25, 0.3) is 0 Å². The SMILES string of the molecule is OC(c1cncnc1)c1cc(F)ccc1F. The van der Waals surface area contributed by atoms with Crippen LogP contribution in [0, 0.1) is 11.6 Å². The summed E-state index contributed by atoms with van der Waals surface area (Å²) in [6.07, 6.45) is 2.72. The molecule has 0 amide bonds. The van der Waals surface area contributed by atoms with E-state index in [1.165, 1.54) is 18.7 Å². The predicted octanol–water partition coefficient (Wildman–Crippen LogP) is 1.84. The van der Waals surface area contributed by atoms with Crippen molar-refractivity contribution in [1.29, 1.82) is 0 Å². The molecule has 0 saturated heterocycles. The molecule has 1 aromatic carbocycles. The topological polar surface area (TPSA) is 46.0 Å². The lowest BCUT2D eigenvalue weighted by molar-refractivity contribution is 0.213. The third kappa shape index (κ3) is 2.04. The van der Waals surface area contributed by atoms with Gasteiger partial charge in [-0.25, -0.2) is 18.7 Å². The summed E-state index contributed by atoms with van der Waals surface area (Å²) in [7, 11) is 0. The summed E-state index contributed by atoms with van der Waals surface area (Å²) < 4.78 is 26.3. The second-order valence-electron chi connectivity index (χ2n) is 3.24. The van der Waals surface area contributed by atoms with Crippen LogP contribution >= 0.6 is 0 Å². The van der Waals surface area contributed by atoms with Gasteiger partial charge in [0, 0.05) is 23.5 Å². The van der Waals surface area contributed by atoms with Gasteiger partial charge >= 0.3 is 0 Å². The first-order valence-corrected chi connectivity index (χ1v) is 4.56. The molecule has 0 aliphatic carbocycles. The van der Waals surface area contributed by atoms with Crippen LogP contribution in [0.1, 0.15) is 17.2 Å². The van der Waals surface area contributed by atoms with Gasteiger partial charge in [-0.2, -0.15) is 0 Å². The molecule has 1 unspecified atom stereocenters. The quantitative estimate of drug-likeness (QED) is 0.843. The summed E-state index contributed by atoms with van der Waals surface area (Å²) in [5.74, 6) is -1.27. The van der Waals surface area contributed by atoms with Crippen molar-refractivity contribution in [3.8, 4) is 0 Å². The minimum absolute atomic E-state index is 0.130. The van der Waals surface area contributed by atoms with Crippen molar-refractivity contribution in [2.75, 3.05) is 0 Å². The molecule has 1 aromatic heterocycles. The molecule has 1 N–H and O–H groups in total. The number of rotatable bonds is 2. The normalized spacial score (nSPS) is 12.4. The zero-order valence-corrected chi connectivity index (χ0v) is 8.14. The number of halogens is 2. The van der Waals surface area contributed by atoms with E-state index in [4.69, 9.17) is 0 Å². The van der Waals surface area contributed by atoms with Crippen LogP contribution in [0.15, 0.2) is 36.9 Å². The zero-order chi connectivity index (χ0) is 11.5. The van der Waals surface area contributed by atoms with Gasteiger partial charge in [-0.05, 0) is 18.2 Å². The molecule has 1 atom stereocenters. The van der Waals surface area contributed by atoms with E-state index in [9.17, 15) is 13.9 Å². The molecule has 0 aliphatic heterocycles. The van der Waals surface area contributed by atoms with E-state index in [1.54, 1.807) is 0 Å². The number of aromatic nitrogens is 2. The standard InChI is InChI=1S/C11H8F2N2O/c12-8-1-2-10(13)9(3-8)11(16)7-4-14-6-15-5-7/h1-6,11,16H. The predicted molar refractivity (Wildman–Crippen MR) is 52.5 cm³/mol. The molecule has 5 heteroatoms. The summed E-state index contributed by atoms with van der Waals surface area (Å²) in [6.45, 7) is 0. The molecule has 0 aliphatic rings. The molecule has 0 radical (unpaired) electrons. The fraction of sp³-hybridized carbons (Fsp3) is 0.0909. The molecule has 82 valence electrons. The first kappa shape index (κ1) is 10.6. The van der Waals surface area contributed by atoms with Crippen LogP contribution in [-0.2, 0) is 0 Å². The summed E-state index contributed by atoms with van der Waals surface area (Å²) in [5.41, 5.74) is 0.182. The number of nitrogens with zero attached hydrogens (tertiary/aromatic N) is 2. The largest absolute Gasteiger partial charge is 0.383 e. The van der Waals surface area contributed by atoms with Crippen LogP contribution in [0.5, 0.6) is 0 Å². The van der Waals surface area contributed by atoms with Gasteiger partial charge in [0.05, 0.1) is 0 Å². The van der Waals surface area contributed by atoms with Gasteiger partial charge in [-0.1, -0.05) is 0 Å². The van der Waals surface area contributed by atoms with E-state index in [0.29, 0.717) is 5.56 Å². The molecule has 0 spiro atoms. The number of aliphatic hydroxyl groups excluding tert-OH is 1. The van der Waals surface area contributed by atoms with Crippen molar-refractivity contribution >= 4 is 0 Å². The van der Waals surface area contributed by atoms with E-state index >= 15 is 0 Å². The first-order valence-electron chi connectivity index (χ1n) is 4.56. The van der Waals surface area contributed by atoms with Gasteiger partial charge in [-0.3, -0.25) is 0 Å². The maximum absolute atomic E-state index is 13.3. The Hall–Kier alpha value is -1.88. The summed E-state index contributed by atoms with van der Waals surface area (Å²) in [5, 5.41) is 9.81. The van der Waals surface area contributed by atoms with Crippen LogP contribution in [0.3, 0.4) is 0 Å². The Morgan fingerprint density at radius 3 is 2.50 bits per heavy atom. The van der Waals surface area contributed by atoms with E-state index in [0.717, 1.165) is 18.2 Å². The molecule has 0 bridgehead atoms. The number of aliphatic hydroxyl groups is 1. The van der Waals surface area contributed by atoms with E-state index in [2.05, 4.69) is 9.97 Å². The van der Waals surface area contributed by atoms with Gasteiger partial charge in [0.2, 0.25) is 0 Å². The average molecular weight is 222 g/mol. The molecule has 16 heavy (non-hydrogen) atoms. The zero-order valence-electron chi connectivity index (χ0n) is 8.14. The Morgan fingerprint density at radius 1 is 1.12 bits per heavy atom. The fourth-order valence-corrected chi connectivity index (χ4v) is 1.36. The Labute approximate surface area is 90.4 Å². The highest BCUT2D eigenvalue weighted by molar-refractivity contribution is 5.28. The van der Waals surface area contributed by atoms with Crippen molar-refractivity contribution < 1.29 is 13.9 Å². The number of hydrogen-bond donors (Lipinski definition) is 1. The highest BCUT2D eigenvalue weighted by Crippen LogP contribution is 2.23. The Balaban J connectivity index is 2.41. The second kappa shape index (κ2) is 4.32. The third-order valence-corrected chi connectivity index (χ3v) is 2.15. The fourth-order valence-electron chi connectivity index (χ4n) is 1.36. The average Bonchev–Trinajstić information content (AvgIpc) is 2.32. The number of hydrogen-bond acceptors (Lipinski definition) is 3. The van der Waals surface area contributed by atoms with Gasteiger partial charge in [0.1, 0.15) is 24.1 Å². The number of benzene rings is 1. The maximum Gasteiger partial charge on any atom is 0.129 e. The van der Waals surface area contributed by atoms with Crippen LogP contribution < -0.4 is 0 Å². The van der Waals surface area contributed by atoms with Gasteiger partial charge in [-0.15, -0.1) is 0 Å². The molecular formula is C11H8F2N2O. The Kier molecular flexibility index (Phi) is 2.87. The molecular weight excluding hydrogens is 214 g/mol. The lowest BCUT2D eigenvalue weighted by atomic mass is 10.0. The Bertz CT molecular complexity index is 491. The highest BCUT2D eigenvalue weighted by Gasteiger charge is 2.16. The molecule has 0 fully saturated rings. The van der Waals surface area contributed by atoms with E-state index < -0.39 is 17.7 Å². The first-order chi connectivity index (χ1) is 7.68. The van der Waals surface area contributed by atoms with Gasteiger partial charge in [0.15, 0.2) is 0 Å². The van der Waals surface area contributed by atoms with Crippen LogP contribution in [-0.4, -0.2) is 15.1 Å². The minimum atomic E-state index is -1.27. The smallest absolute Gasteiger partial charge is 0.129 e. The molecule has 1 heterocycles. The second-order valence-corrected chi connectivity index (χ2v) is 3.24. The Morgan fingerprint density at radius 2 is 1.81 bits per heavy atom. The van der Waals surface area contributed by atoms with E-state index in [-0.39, 0.29) is 5.56 Å². The highest BCUT2D eigenvalue weighted by atomic mass is 19.1. The molecule has 0 saturated carbocycles. The molecule has 2 rings (SSSR count). The van der Waals surface area contributed by atoms with Crippen molar-refractivity contribution in [2.45, 2.75) is 6.10 Å². The lowest BCUT2D eigenvalue weighted by Crippen LogP contribution is -2.04. The van der Waals surface area contributed by atoms with Gasteiger partial charge in [0.25, 0.3) is 0 Å². The van der Waals surface area contributed by atoms with Crippen molar-refractivity contribution in [1.82, 2.24) is 9.97 Å². The molecule has 2 aromatic rings. The summed E-state index contributed by atoms with van der Waals surface area (Å²) in [6, 6.07) is 2.91. The van der Waals surface area contributed by atoms with Crippen LogP contribution in [0.2, 0.25) is 0 Å². The van der Waals surface area contributed by atoms with Crippen molar-refractivity contribution in [2.24, 2.45) is 0 Å². The van der Waals surface area contributed by atoms with Crippen molar-refractivity contribution in [3.05, 3.63) is 59.7 Å². The van der Waals surface area contributed by atoms with Crippen LogP contribution in [0.4, 0.5) is 8.78 Å². The monoisotopic (exact) mass is 222 g/mol. The maximum atomic E-state index is 13.3.